The third-order valence-electron chi connectivity index (χ3n) is 2.78. The molecule has 14 heavy (non-hydrogen) atoms. The molecule has 0 bridgehead atoms. The van der Waals surface area contributed by atoms with Gasteiger partial charge in [0.1, 0.15) is 0 Å². The van der Waals surface area contributed by atoms with Crippen molar-refractivity contribution in [1.82, 2.24) is 20.0 Å². The molecule has 0 aromatic carbocycles. The van der Waals surface area contributed by atoms with E-state index in [-0.39, 0.29) is 0 Å². The Labute approximate surface area is 84.9 Å². The fourth-order valence-corrected chi connectivity index (χ4v) is 1.91. The van der Waals surface area contributed by atoms with Crippen LogP contribution in [0.5, 0.6) is 0 Å². The Morgan fingerprint density at radius 3 is 3.14 bits per heavy atom. The van der Waals surface area contributed by atoms with Gasteiger partial charge in [0.2, 0.25) is 0 Å². The molecule has 4 heteroatoms. The van der Waals surface area contributed by atoms with Crippen LogP contribution in [0.3, 0.4) is 0 Å². The molecule has 0 spiro atoms. The minimum absolute atomic E-state index is 0.629. The van der Waals surface area contributed by atoms with Gasteiger partial charge in [0.25, 0.3) is 0 Å². The minimum atomic E-state index is 0.629. The van der Waals surface area contributed by atoms with Crippen LogP contribution in [0.4, 0.5) is 0 Å². The highest BCUT2D eigenvalue weighted by molar-refractivity contribution is 5.04. The molecule has 1 aromatic heterocycles. The number of nitrogens with one attached hydrogen (secondary N) is 1. The second kappa shape index (κ2) is 4.11. The SMILES string of the molecule is C[C@@H]1CNCCN1Cc1cnn(C)c1. The maximum Gasteiger partial charge on any atom is 0.0534 e. The van der Waals surface area contributed by atoms with Crippen LogP contribution in [-0.4, -0.2) is 40.4 Å². The van der Waals surface area contributed by atoms with E-state index in [0.29, 0.717) is 6.04 Å². The van der Waals surface area contributed by atoms with Crippen molar-refractivity contribution in [3.05, 3.63) is 18.0 Å². The van der Waals surface area contributed by atoms with E-state index in [4.69, 9.17) is 0 Å². The Morgan fingerprint density at radius 2 is 2.50 bits per heavy atom. The quantitative estimate of drug-likeness (QED) is 0.731. The molecular formula is C10H18N4. The third-order valence-corrected chi connectivity index (χ3v) is 2.78. The maximum atomic E-state index is 4.18. The van der Waals surface area contributed by atoms with Crippen molar-refractivity contribution in [2.24, 2.45) is 7.05 Å². The average Bonchev–Trinajstić information content (AvgIpc) is 2.56. The van der Waals surface area contributed by atoms with E-state index < -0.39 is 0 Å². The van der Waals surface area contributed by atoms with E-state index in [1.165, 1.54) is 5.56 Å². The number of hydrogen-bond donors (Lipinski definition) is 1. The average molecular weight is 194 g/mol. The van der Waals surface area contributed by atoms with Crippen LogP contribution < -0.4 is 5.32 Å². The molecule has 1 N–H and O–H groups in total. The summed E-state index contributed by atoms with van der Waals surface area (Å²) >= 11 is 0. The van der Waals surface area contributed by atoms with Crippen LogP contribution in [0.1, 0.15) is 12.5 Å². The highest BCUT2D eigenvalue weighted by Crippen LogP contribution is 2.08. The van der Waals surface area contributed by atoms with E-state index in [9.17, 15) is 0 Å². The number of hydrogen-bond acceptors (Lipinski definition) is 3. The smallest absolute Gasteiger partial charge is 0.0534 e. The molecule has 78 valence electrons. The first kappa shape index (κ1) is 9.68. The lowest BCUT2D eigenvalue weighted by Gasteiger charge is -2.33. The van der Waals surface area contributed by atoms with E-state index in [1.807, 2.05) is 17.9 Å². The molecule has 2 rings (SSSR count). The van der Waals surface area contributed by atoms with Crippen molar-refractivity contribution in [3.63, 3.8) is 0 Å². The van der Waals surface area contributed by atoms with Gasteiger partial charge in [0.15, 0.2) is 0 Å². The summed E-state index contributed by atoms with van der Waals surface area (Å²) in [6.45, 7) is 6.63. The maximum absolute atomic E-state index is 4.18. The van der Waals surface area contributed by atoms with Crippen LogP contribution in [-0.2, 0) is 13.6 Å². The first-order chi connectivity index (χ1) is 6.75. The van der Waals surface area contributed by atoms with Gasteiger partial charge in [-0.1, -0.05) is 0 Å². The molecule has 1 aromatic rings. The zero-order valence-corrected chi connectivity index (χ0v) is 8.90. The number of rotatable bonds is 2. The predicted molar refractivity (Wildman–Crippen MR) is 55.9 cm³/mol. The van der Waals surface area contributed by atoms with Crippen LogP contribution >= 0.6 is 0 Å². The van der Waals surface area contributed by atoms with Crippen LogP contribution in [0, 0.1) is 0 Å². The summed E-state index contributed by atoms with van der Waals surface area (Å²) in [5.41, 5.74) is 1.31. The summed E-state index contributed by atoms with van der Waals surface area (Å²) in [5.74, 6) is 0. The molecule has 0 unspecified atom stereocenters. The van der Waals surface area contributed by atoms with Gasteiger partial charge in [-0.2, -0.15) is 5.10 Å². The number of aryl methyl sites for hydroxylation is 1. The first-order valence-corrected chi connectivity index (χ1v) is 5.18. The Kier molecular flexibility index (Phi) is 2.84. The Morgan fingerprint density at radius 1 is 1.64 bits per heavy atom. The first-order valence-electron chi connectivity index (χ1n) is 5.18. The zero-order valence-electron chi connectivity index (χ0n) is 8.90. The molecule has 4 nitrogen and oxygen atoms in total. The lowest BCUT2D eigenvalue weighted by atomic mass is 10.2. The second-order valence-electron chi connectivity index (χ2n) is 4.05. The Bertz CT molecular complexity index is 294. The highest BCUT2D eigenvalue weighted by Gasteiger charge is 2.17. The Balaban J connectivity index is 1.95. The molecular weight excluding hydrogens is 176 g/mol. The van der Waals surface area contributed by atoms with Gasteiger partial charge in [0, 0.05) is 51.0 Å². The van der Waals surface area contributed by atoms with Crippen molar-refractivity contribution in [2.45, 2.75) is 19.5 Å². The topological polar surface area (TPSA) is 33.1 Å². The lowest BCUT2D eigenvalue weighted by molar-refractivity contribution is 0.165. The molecule has 1 fully saturated rings. The molecule has 1 saturated heterocycles. The van der Waals surface area contributed by atoms with Crippen LogP contribution in [0.2, 0.25) is 0 Å². The lowest BCUT2D eigenvalue weighted by Crippen LogP contribution is -2.49. The van der Waals surface area contributed by atoms with Gasteiger partial charge in [-0.15, -0.1) is 0 Å². The van der Waals surface area contributed by atoms with Gasteiger partial charge < -0.3 is 5.32 Å². The molecule has 0 aliphatic carbocycles. The predicted octanol–water partition coefficient (Wildman–Crippen LogP) is 0.214. The highest BCUT2D eigenvalue weighted by atomic mass is 15.3. The monoisotopic (exact) mass is 194 g/mol. The van der Waals surface area contributed by atoms with Gasteiger partial charge in [-0.25, -0.2) is 0 Å². The molecule has 2 heterocycles. The summed E-state index contributed by atoms with van der Waals surface area (Å²) in [6, 6.07) is 0.629. The van der Waals surface area contributed by atoms with Crippen molar-refractivity contribution in [3.8, 4) is 0 Å². The molecule has 0 radical (unpaired) electrons. The van der Waals surface area contributed by atoms with E-state index >= 15 is 0 Å². The molecule has 1 atom stereocenters. The summed E-state index contributed by atoms with van der Waals surface area (Å²) in [4.78, 5) is 2.49. The van der Waals surface area contributed by atoms with Crippen molar-refractivity contribution < 1.29 is 0 Å². The fourth-order valence-electron chi connectivity index (χ4n) is 1.91. The van der Waals surface area contributed by atoms with Crippen LogP contribution in [0.25, 0.3) is 0 Å². The molecule has 0 amide bonds. The van der Waals surface area contributed by atoms with Gasteiger partial charge in [-0.3, -0.25) is 9.58 Å². The molecule has 0 saturated carbocycles. The van der Waals surface area contributed by atoms with Crippen molar-refractivity contribution in [1.29, 1.82) is 0 Å². The van der Waals surface area contributed by atoms with Gasteiger partial charge in [-0.05, 0) is 6.92 Å². The largest absolute Gasteiger partial charge is 0.314 e. The number of piperazine rings is 1. The molecule has 1 aliphatic rings. The summed E-state index contributed by atoms with van der Waals surface area (Å²) in [6.07, 6.45) is 4.05. The molecule has 1 aliphatic heterocycles. The van der Waals surface area contributed by atoms with E-state index in [0.717, 1.165) is 26.2 Å². The fraction of sp³-hybridized carbons (Fsp3) is 0.700. The normalized spacial score (nSPS) is 24.0. The van der Waals surface area contributed by atoms with Gasteiger partial charge in [0.05, 0.1) is 6.20 Å². The van der Waals surface area contributed by atoms with E-state index in [1.54, 1.807) is 0 Å². The summed E-state index contributed by atoms with van der Waals surface area (Å²) < 4.78 is 1.86. The second-order valence-corrected chi connectivity index (χ2v) is 4.05. The minimum Gasteiger partial charge on any atom is -0.314 e. The van der Waals surface area contributed by atoms with Crippen molar-refractivity contribution >= 4 is 0 Å². The Hall–Kier alpha value is -0.870. The zero-order chi connectivity index (χ0) is 9.97. The summed E-state index contributed by atoms with van der Waals surface area (Å²) in [7, 11) is 1.96. The van der Waals surface area contributed by atoms with Crippen molar-refractivity contribution in [2.75, 3.05) is 19.6 Å². The summed E-state index contributed by atoms with van der Waals surface area (Å²) in [5, 5.41) is 7.57. The van der Waals surface area contributed by atoms with Crippen LogP contribution in [0.15, 0.2) is 12.4 Å². The third kappa shape index (κ3) is 2.13. The van der Waals surface area contributed by atoms with Gasteiger partial charge >= 0.3 is 0 Å². The number of aromatic nitrogens is 2. The van der Waals surface area contributed by atoms with E-state index in [2.05, 4.69) is 28.4 Å². The standard InChI is InChI=1S/C10H18N4/c1-9-5-11-3-4-14(9)8-10-6-12-13(2)7-10/h6-7,9,11H,3-5,8H2,1-2H3/t9-/m1/s1. The number of nitrogens with zero attached hydrogens (tertiary/aromatic N) is 3.